The molecule has 160 valence electrons. The molecule has 2 aliphatic heterocycles. The van der Waals surface area contributed by atoms with E-state index in [9.17, 15) is 21.6 Å². The number of aryl methyl sites for hydroxylation is 1. The molecule has 4 rings (SSSR count). The zero-order valence-electron chi connectivity index (χ0n) is 15.9. The molecule has 2 atom stereocenters. The number of aliphatic imine (C=N–C) groups is 1. The lowest BCUT2D eigenvalue weighted by Crippen LogP contribution is -2.39. The van der Waals surface area contributed by atoms with E-state index < -0.39 is 33.7 Å². The number of alkyl halides is 3. The van der Waals surface area contributed by atoms with Crippen molar-refractivity contribution in [2.45, 2.75) is 30.9 Å². The van der Waals surface area contributed by atoms with E-state index in [1.54, 1.807) is 4.90 Å². The number of nitrogens with zero attached hydrogens (tertiary/aromatic N) is 2. The number of benzene rings is 2. The van der Waals surface area contributed by atoms with E-state index in [-0.39, 0.29) is 22.2 Å². The number of hydrogen-bond donors (Lipinski definition) is 0. The van der Waals surface area contributed by atoms with Crippen molar-refractivity contribution in [1.82, 2.24) is 0 Å². The lowest BCUT2D eigenvalue weighted by atomic mass is 10.1. The Balaban J connectivity index is 1.70. The first-order chi connectivity index (χ1) is 14.0. The maximum absolute atomic E-state index is 13.3. The molecule has 30 heavy (non-hydrogen) atoms. The highest BCUT2D eigenvalue weighted by Gasteiger charge is 2.48. The van der Waals surface area contributed by atoms with Crippen LogP contribution in [0.5, 0.6) is 0 Å². The lowest BCUT2D eigenvalue weighted by Gasteiger charge is -2.28. The van der Waals surface area contributed by atoms with E-state index >= 15 is 0 Å². The zero-order valence-corrected chi connectivity index (χ0v) is 18.2. The van der Waals surface area contributed by atoms with Crippen molar-refractivity contribution in [2.24, 2.45) is 4.99 Å². The minimum atomic E-state index is -4.54. The first-order valence-corrected chi connectivity index (χ1v) is 12.3. The van der Waals surface area contributed by atoms with Crippen molar-refractivity contribution >= 4 is 44.1 Å². The van der Waals surface area contributed by atoms with Gasteiger partial charge >= 0.3 is 6.18 Å². The third kappa shape index (κ3) is 4.33. The second-order valence-electron chi connectivity index (χ2n) is 7.43. The largest absolute Gasteiger partial charge is 0.416 e. The van der Waals surface area contributed by atoms with E-state index in [4.69, 9.17) is 11.6 Å². The highest BCUT2D eigenvalue weighted by molar-refractivity contribution is 8.13. The number of rotatable bonds is 3. The van der Waals surface area contributed by atoms with Crippen LogP contribution in [-0.4, -0.2) is 37.2 Å². The maximum atomic E-state index is 13.3. The molecule has 0 saturated carbocycles. The Labute approximate surface area is 182 Å². The molecule has 0 bridgehead atoms. The number of halogens is 4. The van der Waals surface area contributed by atoms with Gasteiger partial charge in [0.15, 0.2) is 15.0 Å². The zero-order chi connectivity index (χ0) is 21.7. The van der Waals surface area contributed by atoms with Crippen LogP contribution in [0.2, 0.25) is 5.02 Å². The highest BCUT2D eigenvalue weighted by Crippen LogP contribution is 2.41. The van der Waals surface area contributed by atoms with Crippen LogP contribution >= 0.6 is 23.4 Å². The Kier molecular flexibility index (Phi) is 5.57. The normalized spacial score (nSPS) is 22.8. The predicted octanol–water partition coefficient (Wildman–Crippen LogP) is 4.94. The van der Waals surface area contributed by atoms with Gasteiger partial charge in [-0.15, -0.1) is 0 Å². The summed E-state index contributed by atoms with van der Waals surface area (Å²) in [6.45, 7) is 1.98. The van der Waals surface area contributed by atoms with E-state index in [1.807, 2.05) is 31.2 Å². The Morgan fingerprint density at radius 2 is 1.97 bits per heavy atom. The topological polar surface area (TPSA) is 49.7 Å². The summed E-state index contributed by atoms with van der Waals surface area (Å²) < 4.78 is 64.1. The number of sulfone groups is 1. The van der Waals surface area contributed by atoms with Crippen LogP contribution in [0.1, 0.15) is 16.7 Å². The minimum absolute atomic E-state index is 0.112. The third-order valence-corrected chi connectivity index (χ3v) is 8.15. The summed E-state index contributed by atoms with van der Waals surface area (Å²) in [6.07, 6.45) is -4.54. The number of anilines is 1. The second-order valence-corrected chi connectivity index (χ2v) is 10.9. The molecular weight excluding hydrogens is 457 g/mol. The smallest absolute Gasteiger partial charge is 0.313 e. The summed E-state index contributed by atoms with van der Waals surface area (Å²) in [7, 11) is -3.32. The molecule has 0 aliphatic carbocycles. The van der Waals surface area contributed by atoms with Crippen LogP contribution < -0.4 is 4.90 Å². The predicted molar refractivity (Wildman–Crippen MR) is 115 cm³/mol. The summed E-state index contributed by atoms with van der Waals surface area (Å²) >= 11 is 7.64. The van der Waals surface area contributed by atoms with Crippen LogP contribution in [0.3, 0.4) is 0 Å². The number of amidine groups is 1. The Morgan fingerprint density at radius 3 is 2.67 bits per heavy atom. The van der Waals surface area contributed by atoms with Gasteiger partial charge in [-0.3, -0.25) is 4.99 Å². The van der Waals surface area contributed by atoms with Gasteiger partial charge in [-0.1, -0.05) is 53.2 Å². The van der Waals surface area contributed by atoms with Crippen LogP contribution in [-0.2, 0) is 21.8 Å². The molecule has 2 aromatic carbocycles. The average Bonchev–Trinajstić information content (AvgIpc) is 3.11. The molecule has 0 aromatic heterocycles. The van der Waals surface area contributed by atoms with Gasteiger partial charge in [-0.25, -0.2) is 8.42 Å². The van der Waals surface area contributed by atoms with Gasteiger partial charge in [0, 0.05) is 5.75 Å². The third-order valence-electron chi connectivity index (χ3n) is 5.09. The van der Waals surface area contributed by atoms with Gasteiger partial charge in [0.2, 0.25) is 0 Å². The number of fused-ring (bicyclic) bond motifs is 1. The van der Waals surface area contributed by atoms with Gasteiger partial charge < -0.3 is 4.90 Å². The summed E-state index contributed by atoms with van der Waals surface area (Å²) in [4.78, 5) is 6.14. The first kappa shape index (κ1) is 21.5. The molecule has 2 aromatic rings. The lowest BCUT2D eigenvalue weighted by molar-refractivity contribution is -0.137. The first-order valence-electron chi connectivity index (χ1n) is 9.16. The van der Waals surface area contributed by atoms with E-state index in [0.717, 1.165) is 23.3 Å². The van der Waals surface area contributed by atoms with Crippen molar-refractivity contribution < 1.29 is 21.6 Å². The Bertz CT molecular complexity index is 1120. The fourth-order valence-electron chi connectivity index (χ4n) is 3.74. The molecule has 0 radical (unpaired) electrons. The van der Waals surface area contributed by atoms with Crippen LogP contribution in [0, 0.1) is 6.92 Å². The SMILES string of the molecule is Cc1cccc(CSC2=NC3CS(=O)(=O)CC3N2c2cc(C(F)(F)F)ccc2Cl)c1. The average molecular weight is 475 g/mol. The molecule has 10 heteroatoms. The molecule has 1 saturated heterocycles. The monoisotopic (exact) mass is 474 g/mol. The van der Waals surface area contributed by atoms with Gasteiger partial charge in [0.25, 0.3) is 0 Å². The number of thioether (sulfide) groups is 1. The van der Waals surface area contributed by atoms with Gasteiger partial charge in [0.1, 0.15) is 0 Å². The summed E-state index contributed by atoms with van der Waals surface area (Å²) in [5.41, 5.74) is 1.44. The van der Waals surface area contributed by atoms with Crippen molar-refractivity contribution in [3.05, 3.63) is 64.2 Å². The molecule has 2 heterocycles. The van der Waals surface area contributed by atoms with Gasteiger partial charge in [0.05, 0.1) is 39.9 Å². The summed E-state index contributed by atoms with van der Waals surface area (Å²) in [6, 6.07) is 9.91. The molecule has 1 fully saturated rings. The van der Waals surface area contributed by atoms with E-state index in [0.29, 0.717) is 10.9 Å². The molecule has 0 amide bonds. The fourth-order valence-corrected chi connectivity index (χ4v) is 6.85. The summed E-state index contributed by atoms with van der Waals surface area (Å²) in [5, 5.41) is 0.611. The van der Waals surface area contributed by atoms with Gasteiger partial charge in [-0.05, 0) is 30.7 Å². The molecule has 2 aliphatic rings. The van der Waals surface area contributed by atoms with Crippen molar-refractivity contribution in [2.75, 3.05) is 16.4 Å². The molecule has 2 unspecified atom stereocenters. The highest BCUT2D eigenvalue weighted by atomic mass is 35.5. The molecule has 4 nitrogen and oxygen atoms in total. The van der Waals surface area contributed by atoms with Crippen LogP contribution in [0.25, 0.3) is 0 Å². The summed E-state index contributed by atoms with van der Waals surface area (Å²) in [5.74, 6) is 0.279. The van der Waals surface area contributed by atoms with Crippen molar-refractivity contribution in [3.63, 3.8) is 0 Å². The van der Waals surface area contributed by atoms with E-state index in [2.05, 4.69) is 4.99 Å². The maximum Gasteiger partial charge on any atom is 0.416 e. The molecule has 0 N–H and O–H groups in total. The Morgan fingerprint density at radius 1 is 1.20 bits per heavy atom. The standard InChI is InChI=1S/C20H18ClF3N2O2S2/c1-12-3-2-4-13(7-12)9-29-19-25-16-10-30(27,28)11-18(16)26(19)17-8-14(20(22,23)24)5-6-15(17)21/h2-8,16,18H,9-11H2,1H3. The molecular formula is C20H18ClF3N2O2S2. The van der Waals surface area contributed by atoms with E-state index in [1.165, 1.54) is 17.8 Å². The quantitative estimate of drug-likeness (QED) is 0.632. The fraction of sp³-hybridized carbons (Fsp3) is 0.350. The number of hydrogen-bond acceptors (Lipinski definition) is 5. The second kappa shape index (κ2) is 7.76. The van der Waals surface area contributed by atoms with Crippen LogP contribution in [0.15, 0.2) is 47.5 Å². The molecule has 0 spiro atoms. The van der Waals surface area contributed by atoms with Crippen molar-refractivity contribution in [3.8, 4) is 0 Å². The van der Waals surface area contributed by atoms with Crippen molar-refractivity contribution in [1.29, 1.82) is 0 Å². The Hall–Kier alpha value is -1.71. The van der Waals surface area contributed by atoms with Gasteiger partial charge in [-0.2, -0.15) is 13.2 Å². The van der Waals surface area contributed by atoms with Crippen LogP contribution in [0.4, 0.5) is 18.9 Å². The minimum Gasteiger partial charge on any atom is -0.313 e.